The summed E-state index contributed by atoms with van der Waals surface area (Å²) in [6, 6.07) is 10.1. The Kier molecular flexibility index (Phi) is 21.1. The highest BCUT2D eigenvalue weighted by Gasteiger charge is 2.13. The monoisotopic (exact) mass is 604 g/mol. The summed E-state index contributed by atoms with van der Waals surface area (Å²) in [5.74, 6) is -1.31. The lowest BCUT2D eigenvalue weighted by Crippen LogP contribution is -2.16. The minimum absolute atomic E-state index is 0. The van der Waals surface area contributed by atoms with Crippen LogP contribution in [-0.4, -0.2) is 44.3 Å². The van der Waals surface area contributed by atoms with Gasteiger partial charge in [0.05, 0.1) is 12.8 Å². The van der Waals surface area contributed by atoms with E-state index in [1.807, 2.05) is 0 Å². The second-order valence-corrected chi connectivity index (χ2v) is 8.63. The summed E-state index contributed by atoms with van der Waals surface area (Å²) in [7, 11) is 0. The smallest absolute Gasteiger partial charge is 0.335 e. The molecule has 0 saturated heterocycles. The van der Waals surface area contributed by atoms with Gasteiger partial charge in [0.15, 0.2) is 0 Å². The molecule has 0 aliphatic heterocycles. The highest BCUT2D eigenvalue weighted by atomic mass is 16.7. The molecule has 0 aliphatic rings. The van der Waals surface area contributed by atoms with Crippen LogP contribution in [0.15, 0.2) is 60.7 Å². The van der Waals surface area contributed by atoms with E-state index >= 15 is 0 Å². The molecule has 0 radical (unpaired) electrons. The van der Waals surface area contributed by atoms with Crippen LogP contribution in [0.3, 0.4) is 0 Å². The van der Waals surface area contributed by atoms with E-state index in [1.165, 1.54) is 13.8 Å². The Morgan fingerprint density at radius 2 is 0.930 bits per heavy atom. The minimum atomic E-state index is -0.569. The zero-order valence-electron chi connectivity index (χ0n) is 22.5. The van der Waals surface area contributed by atoms with Gasteiger partial charge in [0.1, 0.15) is 11.5 Å². The normalized spacial score (nSPS) is 9.21. The zero-order chi connectivity index (χ0) is 28.9. The van der Waals surface area contributed by atoms with E-state index in [1.54, 1.807) is 50.2 Å². The first-order valence-corrected chi connectivity index (χ1v) is 11.9. The van der Waals surface area contributed by atoms with E-state index in [-0.39, 0.29) is 67.3 Å². The van der Waals surface area contributed by atoms with Crippen LogP contribution in [0.4, 0.5) is 0 Å². The topological polar surface area (TPSA) is 124 Å². The molecular weight excluding hydrogens is 556 g/mol. The zero-order valence-corrected chi connectivity index (χ0v) is 22.5. The molecule has 0 spiro atoms. The van der Waals surface area contributed by atoms with Crippen molar-refractivity contribution in [3.05, 3.63) is 83.0 Å². The average Bonchev–Trinajstić information content (AvgIpc) is 2.87. The Balaban J connectivity index is -0.00000400. The Hall–Kier alpha value is -4.60. The molecule has 0 atom stereocenters. The number of carbonyl (C=O) groups is 4. The largest absolute Gasteiger partial charge is 0.457 e. The summed E-state index contributed by atoms with van der Waals surface area (Å²) in [5.41, 5.74) is 3.47. The molecule has 0 saturated carbocycles. The van der Waals surface area contributed by atoms with Gasteiger partial charge in [-0.15, -0.1) is 0 Å². The van der Waals surface area contributed by atoms with Gasteiger partial charge >= 0.3 is 23.9 Å². The molecule has 43 heavy (non-hydrogen) atoms. The van der Waals surface area contributed by atoms with Crippen LogP contribution in [0.2, 0.25) is 0 Å². The van der Waals surface area contributed by atoms with E-state index in [0.29, 0.717) is 22.6 Å². The number of hydrogen-bond acceptors (Lipinski definition) is 10. The Morgan fingerprint density at radius 1 is 0.581 bits per heavy atom. The molecule has 0 heterocycles. The Labute approximate surface area is 256 Å². The maximum absolute atomic E-state index is 12.2. The van der Waals surface area contributed by atoms with Crippen molar-refractivity contribution in [3.8, 4) is 11.5 Å². The van der Waals surface area contributed by atoms with Crippen LogP contribution in [0.25, 0.3) is 0 Å². The van der Waals surface area contributed by atoms with Crippen molar-refractivity contribution in [1.82, 2.24) is 0 Å². The lowest BCUT2D eigenvalue weighted by atomic mass is 10.1. The third kappa shape index (κ3) is 15.3. The number of aryl methyl sites for hydroxylation is 2. The van der Waals surface area contributed by atoms with Gasteiger partial charge in [-0.3, -0.25) is 9.59 Å². The lowest BCUT2D eigenvalue weighted by Gasteiger charge is -2.12. The van der Waals surface area contributed by atoms with Gasteiger partial charge < -0.3 is 28.4 Å². The first kappa shape index (κ1) is 42.9. The third-order valence-electron chi connectivity index (χ3n) is 5.27. The Bertz CT molecular complexity index is 1150. The second-order valence-electron chi connectivity index (χ2n) is 8.63. The van der Waals surface area contributed by atoms with E-state index in [0.717, 1.165) is 11.1 Å². The molecule has 240 valence electrons. The van der Waals surface area contributed by atoms with Gasteiger partial charge in [0.2, 0.25) is 20.4 Å². The first-order chi connectivity index (χ1) is 18.5. The number of hydrogen-bond donors (Lipinski definition) is 0. The Morgan fingerprint density at radius 3 is 1.23 bits per heavy atom. The predicted molar refractivity (Wildman–Crippen MR) is 167 cm³/mol. The molecule has 2 aromatic rings. The summed E-state index contributed by atoms with van der Waals surface area (Å²) in [4.78, 5) is 47.2. The van der Waals surface area contributed by atoms with Crippen LogP contribution in [0.1, 0.15) is 65.8 Å². The van der Waals surface area contributed by atoms with E-state index in [4.69, 9.17) is 28.4 Å². The summed E-state index contributed by atoms with van der Waals surface area (Å²) in [6.07, 6.45) is -0.0624. The van der Waals surface area contributed by atoms with Crippen molar-refractivity contribution in [2.75, 3.05) is 20.4 Å². The van der Waals surface area contributed by atoms with Gasteiger partial charge in [-0.2, -0.15) is 0 Å². The molecule has 10 heteroatoms. The summed E-state index contributed by atoms with van der Waals surface area (Å²) < 4.78 is 30.6. The molecule has 2 aromatic carbocycles. The fourth-order valence-corrected chi connectivity index (χ4v) is 3.04. The fourth-order valence-electron chi connectivity index (χ4n) is 3.04. The number of carbonyl (C=O) groups excluding carboxylic acids is 4. The molecule has 0 aliphatic carbocycles. The second kappa shape index (κ2) is 21.2. The van der Waals surface area contributed by atoms with Crippen molar-refractivity contribution >= 4 is 23.9 Å². The van der Waals surface area contributed by atoms with Gasteiger partial charge in [-0.1, -0.05) is 55.0 Å². The maximum atomic E-state index is 12.2. The predicted octanol–water partition coefficient (Wildman–Crippen LogP) is 6.59. The lowest BCUT2D eigenvalue weighted by molar-refractivity contribution is -0.166. The fraction of sp³-hybridized carbons (Fsp3) is 0.394. The van der Waals surface area contributed by atoms with Gasteiger partial charge in [-0.05, 0) is 74.2 Å². The van der Waals surface area contributed by atoms with E-state index < -0.39 is 30.7 Å². The quantitative estimate of drug-likeness (QED) is 0.101. The highest BCUT2D eigenvalue weighted by Crippen LogP contribution is 2.20. The molecule has 0 N–H and O–H groups in total. The number of rotatable bonds is 14. The molecule has 2 rings (SSSR count). The molecular formula is C33H48O10. The van der Waals surface area contributed by atoms with Gasteiger partial charge in [0.25, 0.3) is 0 Å². The van der Waals surface area contributed by atoms with Crippen molar-refractivity contribution in [2.45, 2.75) is 70.2 Å². The molecule has 10 nitrogen and oxygen atoms in total. The SMILES string of the molecule is C.C.C.C.C=C(C)C(=O)OCOc1ccc(CC(=O)OCOC(=O)Cc2ccc(OCOC(=O)C(=C)C)cc2C)c(C)c1. The minimum Gasteiger partial charge on any atom is -0.457 e. The van der Waals surface area contributed by atoms with Crippen LogP contribution in [0, 0.1) is 13.8 Å². The molecule has 0 amide bonds. The summed E-state index contributed by atoms with van der Waals surface area (Å²) in [5, 5.41) is 0. The number of esters is 4. The van der Waals surface area contributed by atoms with Crippen molar-refractivity contribution in [3.63, 3.8) is 0 Å². The molecule has 0 unspecified atom stereocenters. The van der Waals surface area contributed by atoms with Crippen LogP contribution in [0.5, 0.6) is 11.5 Å². The van der Waals surface area contributed by atoms with Gasteiger partial charge in [-0.25, -0.2) is 9.59 Å². The number of benzene rings is 2. The van der Waals surface area contributed by atoms with Crippen LogP contribution < -0.4 is 9.47 Å². The average molecular weight is 605 g/mol. The van der Waals surface area contributed by atoms with Crippen molar-refractivity contribution < 1.29 is 47.6 Å². The first-order valence-electron chi connectivity index (χ1n) is 11.9. The number of ether oxygens (including phenoxy) is 6. The van der Waals surface area contributed by atoms with Crippen LogP contribution in [-0.2, 0) is 51.0 Å². The van der Waals surface area contributed by atoms with Gasteiger partial charge in [0, 0.05) is 11.1 Å². The highest BCUT2D eigenvalue weighted by molar-refractivity contribution is 5.87. The molecule has 0 fully saturated rings. The molecule has 0 bridgehead atoms. The van der Waals surface area contributed by atoms with Crippen LogP contribution >= 0.6 is 0 Å². The van der Waals surface area contributed by atoms with Crippen molar-refractivity contribution in [1.29, 1.82) is 0 Å². The summed E-state index contributed by atoms with van der Waals surface area (Å²) in [6.45, 7) is 12.6. The third-order valence-corrected chi connectivity index (χ3v) is 5.27. The molecule has 0 aromatic heterocycles. The summed E-state index contributed by atoms with van der Waals surface area (Å²) >= 11 is 0. The standard InChI is InChI=1S/C29H32O10.4CH4/c1-18(2)28(32)38-15-34-24-9-7-22(20(5)11-24)13-26(30)36-17-37-27(31)14-23-8-10-25(12-21(23)6)35-16-39-29(33)19(3)4;;;;/h7-12H,1,3,13-17H2,2,4-6H3;4*1H4. The van der Waals surface area contributed by atoms with Crippen molar-refractivity contribution in [2.24, 2.45) is 0 Å². The maximum Gasteiger partial charge on any atom is 0.335 e. The van der Waals surface area contributed by atoms with E-state index in [9.17, 15) is 19.2 Å². The van der Waals surface area contributed by atoms with E-state index in [2.05, 4.69) is 13.2 Å².